The molecule has 132 heavy (non-hydrogen) atoms. The van der Waals surface area contributed by atoms with Crippen LogP contribution < -0.4 is 39.9 Å². The van der Waals surface area contributed by atoms with E-state index >= 15 is 0 Å². The van der Waals surface area contributed by atoms with E-state index in [2.05, 4.69) is 343 Å². The zero-order chi connectivity index (χ0) is 92.3. The topological polar surface area (TPSA) is 212 Å². The van der Waals surface area contributed by atoms with Crippen molar-refractivity contribution in [2.24, 2.45) is 39.9 Å². The molecule has 0 aliphatic heterocycles. The molecule has 0 amide bonds. The standard InChI is InChI=1S/8C14H15N2.4Pd/c8*1-10-7-11(2)14(12(3)8-10)16-9-13-5-4-6-15-13;;;;/h8*4-9H,1-3H3;;;;/q8*-1;4*+2. The molecule has 8 aromatic heterocycles. The van der Waals surface area contributed by atoms with E-state index in [9.17, 15) is 0 Å². The quantitative estimate of drug-likeness (QED) is 0.0669. The Balaban J connectivity index is 0.000000266. The van der Waals surface area contributed by atoms with Crippen LogP contribution in [0.3, 0.4) is 0 Å². The van der Waals surface area contributed by atoms with Gasteiger partial charge in [-0.3, -0.25) is 39.9 Å². The van der Waals surface area contributed by atoms with Crippen molar-refractivity contribution >= 4 is 95.2 Å². The van der Waals surface area contributed by atoms with Crippen molar-refractivity contribution in [1.29, 1.82) is 0 Å². The predicted molar refractivity (Wildman–Crippen MR) is 541 cm³/mol. The van der Waals surface area contributed by atoms with E-state index in [1.807, 2.05) is 147 Å². The molecule has 16 rings (SSSR count). The van der Waals surface area contributed by atoms with Crippen molar-refractivity contribution in [1.82, 2.24) is 39.9 Å². The number of aliphatic imine (C=N–C) groups is 8. The van der Waals surface area contributed by atoms with Crippen LogP contribution in [0.15, 0.2) is 284 Å². The van der Waals surface area contributed by atoms with Crippen LogP contribution in [0.2, 0.25) is 0 Å². The summed E-state index contributed by atoms with van der Waals surface area (Å²) in [6.07, 6.45) is 28.7. The zero-order valence-corrected chi connectivity index (χ0v) is 86.4. The van der Waals surface area contributed by atoms with Gasteiger partial charge in [0.15, 0.2) is 0 Å². The number of nitrogens with zero attached hydrogens (tertiary/aromatic N) is 16. The second-order valence-corrected chi connectivity index (χ2v) is 32.5. The van der Waals surface area contributed by atoms with Gasteiger partial charge in [-0.1, -0.05) is 239 Å². The minimum absolute atomic E-state index is 0. The number of aromatic nitrogens is 8. The van der Waals surface area contributed by atoms with Crippen molar-refractivity contribution in [3.05, 3.63) is 423 Å². The van der Waals surface area contributed by atoms with E-state index in [1.165, 1.54) is 134 Å². The minimum Gasteiger partial charge on any atom is -0.663 e. The van der Waals surface area contributed by atoms with Gasteiger partial charge in [-0.2, -0.15) is 49.6 Å². The van der Waals surface area contributed by atoms with Gasteiger partial charge in [0, 0.05) is 49.7 Å². The van der Waals surface area contributed by atoms with Crippen LogP contribution in [0.1, 0.15) is 179 Å². The van der Waals surface area contributed by atoms with Crippen LogP contribution in [-0.4, -0.2) is 49.7 Å². The summed E-state index contributed by atoms with van der Waals surface area (Å²) >= 11 is 0. The molecule has 16 nitrogen and oxygen atoms in total. The first-order chi connectivity index (χ1) is 61.3. The third-order valence-electron chi connectivity index (χ3n) is 20.3. The summed E-state index contributed by atoms with van der Waals surface area (Å²) in [7, 11) is 0. The predicted octanol–water partition coefficient (Wildman–Crippen LogP) is 26.5. The first-order valence-electron chi connectivity index (χ1n) is 42.9. The number of rotatable bonds is 16. The SMILES string of the molecule is Cc1cc(C)c(N=Cc2ccc[n-]2)c(C)c1.Cc1cc(C)c(N=Cc2ccc[n-]2)c(C)c1.Cc1cc(C)c(N=Cc2ccc[n-]2)c(C)c1.Cc1cc(C)c(N=Cc2ccc[n-]2)c(C)c1.Cc1cc(C)c(N=Cc2ccc[n-]2)c(C)c1.Cc1cc(C)c(N=Cc2ccc[n-]2)c(C)c1.Cc1cc(C)c(N=Cc2ccc[n-]2)c(C)c1.Cc1cc(C)c(N=Cc2ccc[n-]2)c(C)c1.[Pd+2].[Pd+2].[Pd+2].[Pd+2]. The first-order valence-corrected chi connectivity index (χ1v) is 42.9. The molecule has 0 bridgehead atoms. The molecule has 0 N–H and O–H groups in total. The van der Waals surface area contributed by atoms with Crippen LogP contribution >= 0.6 is 0 Å². The molecule has 0 atom stereocenters. The summed E-state index contributed by atoms with van der Waals surface area (Å²) in [5, 5.41) is 0. The second kappa shape index (κ2) is 56.0. The molecule has 0 saturated carbocycles. The Kier molecular flexibility index (Phi) is 46.9. The van der Waals surface area contributed by atoms with Crippen molar-refractivity contribution in [3.63, 3.8) is 0 Å². The van der Waals surface area contributed by atoms with Gasteiger partial charge in [-0.05, 0) is 255 Å². The molecule has 20 heteroatoms. The van der Waals surface area contributed by atoms with Gasteiger partial charge in [-0.15, -0.1) is 45.6 Å². The molecule has 16 aromatic rings. The van der Waals surface area contributed by atoms with Gasteiger partial charge >= 0.3 is 81.7 Å². The summed E-state index contributed by atoms with van der Waals surface area (Å²) in [6.45, 7) is 50.2. The second-order valence-electron chi connectivity index (χ2n) is 32.5. The normalized spacial score (nSPS) is 10.8. The van der Waals surface area contributed by atoms with E-state index in [0.717, 1.165) is 91.1 Å². The first kappa shape index (κ1) is 111. The Bertz CT molecular complexity index is 5080. The van der Waals surface area contributed by atoms with E-state index in [4.69, 9.17) is 0 Å². The van der Waals surface area contributed by atoms with Crippen molar-refractivity contribution in [2.75, 3.05) is 0 Å². The monoisotopic (exact) mass is 2110 g/mol. The molecular weight excluding hydrogens is 2000 g/mol. The Hall–Kier alpha value is -12.0. The van der Waals surface area contributed by atoms with Gasteiger partial charge in [-0.25, -0.2) is 0 Å². The van der Waals surface area contributed by atoms with Gasteiger partial charge in [0.25, 0.3) is 0 Å². The fourth-order valence-electron chi connectivity index (χ4n) is 15.2. The molecule has 0 aliphatic carbocycles. The fourth-order valence-corrected chi connectivity index (χ4v) is 15.2. The zero-order valence-electron chi connectivity index (χ0n) is 80.1. The number of hydrogen-bond acceptors (Lipinski definition) is 8. The van der Waals surface area contributed by atoms with Crippen LogP contribution in [0.25, 0.3) is 0 Å². The Morgan fingerprint density at radius 3 is 0.295 bits per heavy atom. The molecule has 0 aliphatic rings. The van der Waals surface area contributed by atoms with Crippen LogP contribution in [0.4, 0.5) is 45.5 Å². The Labute approximate surface area is 838 Å². The van der Waals surface area contributed by atoms with E-state index in [0.29, 0.717) is 0 Å². The average molecular weight is 2120 g/mol. The maximum absolute atomic E-state index is 4.50. The Morgan fingerprint density at radius 2 is 0.227 bits per heavy atom. The summed E-state index contributed by atoms with van der Waals surface area (Å²) in [5.41, 5.74) is 45.2. The maximum atomic E-state index is 4.50. The third kappa shape index (κ3) is 35.9. The van der Waals surface area contributed by atoms with Crippen molar-refractivity contribution < 1.29 is 81.7 Å². The minimum atomic E-state index is 0. The third-order valence-corrected chi connectivity index (χ3v) is 20.3. The maximum Gasteiger partial charge on any atom is 2.00 e. The van der Waals surface area contributed by atoms with Gasteiger partial charge in [0.1, 0.15) is 0 Å². The fraction of sp³-hybridized carbons (Fsp3) is 0.214. The molecule has 8 heterocycles. The smallest absolute Gasteiger partial charge is 0.663 e. The van der Waals surface area contributed by atoms with Gasteiger partial charge in [0.05, 0.1) is 45.5 Å². The molecule has 688 valence electrons. The van der Waals surface area contributed by atoms with Crippen LogP contribution in [0, 0.1) is 166 Å². The molecular formula is C112H120N16Pd4. The largest absolute Gasteiger partial charge is 2.00 e. The van der Waals surface area contributed by atoms with Crippen molar-refractivity contribution in [2.45, 2.75) is 166 Å². The average Bonchev–Trinajstić information content (AvgIpc) is 1.77. The van der Waals surface area contributed by atoms with Gasteiger partial charge in [0.2, 0.25) is 0 Å². The number of hydrogen-bond donors (Lipinski definition) is 0. The number of benzene rings is 8. The van der Waals surface area contributed by atoms with Gasteiger partial charge < -0.3 is 39.9 Å². The summed E-state index contributed by atoms with van der Waals surface area (Å²) in [5.74, 6) is 0. The molecule has 0 spiro atoms. The molecule has 0 saturated heterocycles. The molecule has 0 fully saturated rings. The molecule has 8 aromatic carbocycles. The summed E-state index contributed by atoms with van der Waals surface area (Å²) in [6, 6.07) is 65.3. The summed E-state index contributed by atoms with van der Waals surface area (Å²) in [4.78, 5) is 69.3. The van der Waals surface area contributed by atoms with E-state index in [1.54, 1.807) is 49.6 Å². The molecule has 0 radical (unpaired) electrons. The summed E-state index contributed by atoms with van der Waals surface area (Å²) < 4.78 is 0. The Morgan fingerprint density at radius 1 is 0.144 bits per heavy atom. The van der Waals surface area contributed by atoms with Crippen LogP contribution in [0.5, 0.6) is 0 Å². The van der Waals surface area contributed by atoms with E-state index in [-0.39, 0.29) is 81.7 Å². The number of aryl methyl sites for hydroxylation is 24. The van der Waals surface area contributed by atoms with Crippen LogP contribution in [-0.2, 0) is 81.7 Å². The molecule has 0 unspecified atom stereocenters. The van der Waals surface area contributed by atoms with E-state index < -0.39 is 0 Å². The van der Waals surface area contributed by atoms with Crippen molar-refractivity contribution in [3.8, 4) is 0 Å².